The average molecular weight is 509 g/mol. The number of nitrogens with two attached hydrogens (primary N) is 1. The highest BCUT2D eigenvalue weighted by Gasteiger charge is 2.14. The number of nitrogens with one attached hydrogen (secondary N) is 3. The molecule has 7 nitrogen and oxygen atoms in total. The van der Waals surface area contributed by atoms with Crippen molar-refractivity contribution in [2.24, 2.45) is 0 Å². The van der Waals surface area contributed by atoms with E-state index in [9.17, 15) is 5.11 Å². The lowest BCUT2D eigenvalue weighted by molar-refractivity contribution is 0.109. The maximum Gasteiger partial charge on any atom is 0.120 e. The monoisotopic (exact) mass is 508 g/mol. The molecule has 1 heterocycles. The van der Waals surface area contributed by atoms with Crippen LogP contribution in [0.4, 0.5) is 5.69 Å². The summed E-state index contributed by atoms with van der Waals surface area (Å²) in [6.07, 6.45) is 7.38. The summed E-state index contributed by atoms with van der Waals surface area (Å²) in [4.78, 5) is 0. The Morgan fingerprint density at radius 3 is 2.43 bits per heavy atom. The Balaban J connectivity index is 0.000000658. The topological polar surface area (TPSA) is 113 Å². The van der Waals surface area contributed by atoms with Gasteiger partial charge in [0.15, 0.2) is 0 Å². The van der Waals surface area contributed by atoms with Crippen LogP contribution in [0.15, 0.2) is 84.2 Å². The summed E-state index contributed by atoms with van der Waals surface area (Å²) in [7, 11) is 0. The van der Waals surface area contributed by atoms with E-state index in [-0.39, 0.29) is 13.1 Å². The number of aliphatic hydroxyl groups excluding tert-OH is 1. The summed E-state index contributed by atoms with van der Waals surface area (Å²) in [5, 5.41) is 24.6. The number of hydrogen-bond donors (Lipinski definition) is 5. The van der Waals surface area contributed by atoms with Gasteiger partial charge < -0.3 is 30.9 Å². The Morgan fingerprint density at radius 1 is 1.19 bits per heavy atom. The third-order valence-electron chi connectivity index (χ3n) is 5.30. The minimum Gasteiger partial charge on any atom is -0.489 e. The van der Waals surface area contributed by atoms with Gasteiger partial charge in [-0.15, -0.1) is 0 Å². The summed E-state index contributed by atoms with van der Waals surface area (Å²) >= 11 is 0. The van der Waals surface area contributed by atoms with Crippen LogP contribution in [0, 0.1) is 5.41 Å². The first kappa shape index (κ1) is 31.6. The number of morpholine rings is 1. The first-order valence-corrected chi connectivity index (χ1v) is 12.5. The number of ether oxygens (including phenoxy) is 2. The molecule has 0 bridgehead atoms. The smallest absolute Gasteiger partial charge is 0.120 e. The highest BCUT2D eigenvalue weighted by atomic mass is 16.5. The summed E-state index contributed by atoms with van der Waals surface area (Å²) in [5.41, 5.74) is 10.1. The third kappa shape index (κ3) is 11.0. The van der Waals surface area contributed by atoms with Crippen molar-refractivity contribution in [2.75, 3.05) is 32.0 Å². The van der Waals surface area contributed by atoms with Gasteiger partial charge in [-0.25, -0.2) is 0 Å². The van der Waals surface area contributed by atoms with Gasteiger partial charge in [0.25, 0.3) is 0 Å². The zero-order valence-corrected chi connectivity index (χ0v) is 21.6. The second kappa shape index (κ2) is 17.9. The maximum absolute atomic E-state index is 9.56. The lowest BCUT2D eigenvalue weighted by atomic mass is 10.0. The molecule has 2 aliphatic rings. The van der Waals surface area contributed by atoms with E-state index in [0.717, 1.165) is 37.6 Å². The van der Waals surface area contributed by atoms with Gasteiger partial charge in [-0.2, -0.15) is 0 Å². The zero-order chi connectivity index (χ0) is 26.2. The fourth-order valence-corrected chi connectivity index (χ4v) is 3.38. The van der Waals surface area contributed by atoms with Crippen molar-refractivity contribution >= 4 is 11.4 Å². The van der Waals surface area contributed by atoms with E-state index in [1.165, 1.54) is 0 Å². The number of hydrogen-bond acceptors (Lipinski definition) is 7. The summed E-state index contributed by atoms with van der Waals surface area (Å²) in [6, 6.07) is 15.3. The van der Waals surface area contributed by atoms with Crippen LogP contribution >= 0.6 is 0 Å². The molecule has 6 N–H and O–H groups in total. The lowest BCUT2D eigenvalue weighted by Crippen LogP contribution is -2.30. The van der Waals surface area contributed by atoms with Crippen molar-refractivity contribution in [3.63, 3.8) is 0 Å². The number of rotatable bonds is 7. The predicted octanol–water partition coefficient (Wildman–Crippen LogP) is 5.18. The van der Waals surface area contributed by atoms with Gasteiger partial charge in [-0.3, -0.25) is 5.41 Å². The molecular weight excluding hydrogens is 464 g/mol. The van der Waals surface area contributed by atoms with Gasteiger partial charge in [-0.1, -0.05) is 69.8 Å². The fraction of sp³-hybridized carbons (Fsp3) is 0.367. The second-order valence-corrected chi connectivity index (χ2v) is 7.91. The van der Waals surface area contributed by atoms with Crippen LogP contribution in [0.3, 0.4) is 0 Å². The molecule has 2 aromatic carbocycles. The minimum absolute atomic E-state index is 0. The van der Waals surface area contributed by atoms with Crippen molar-refractivity contribution < 1.29 is 14.6 Å². The molecule has 0 amide bonds. The van der Waals surface area contributed by atoms with Crippen LogP contribution < -0.4 is 21.1 Å². The predicted molar refractivity (Wildman–Crippen MR) is 155 cm³/mol. The van der Waals surface area contributed by atoms with E-state index < -0.39 is 6.10 Å². The molecule has 0 radical (unpaired) electrons. The van der Waals surface area contributed by atoms with E-state index in [1.54, 1.807) is 18.2 Å². The van der Waals surface area contributed by atoms with E-state index in [1.807, 2.05) is 75.4 Å². The molecule has 1 fully saturated rings. The van der Waals surface area contributed by atoms with E-state index in [2.05, 4.69) is 10.6 Å². The molecule has 1 aliphatic heterocycles. The maximum atomic E-state index is 9.56. The van der Waals surface area contributed by atoms with Crippen molar-refractivity contribution in [1.82, 2.24) is 10.6 Å². The van der Waals surface area contributed by atoms with E-state index in [4.69, 9.17) is 20.6 Å². The SMILES string of the molecule is C.C/C=C(\NC1=CCC(O)C=C1)C(=N)c1cc(OCc2ccccc2)ccc1N.C1COCCN1.CC. The number of benzene rings is 2. The Hall–Kier alpha value is -3.39. The molecule has 1 unspecified atom stereocenters. The molecule has 37 heavy (non-hydrogen) atoms. The molecule has 0 aromatic heterocycles. The summed E-state index contributed by atoms with van der Waals surface area (Å²) in [5.74, 6) is 0.660. The quantitative estimate of drug-likeness (QED) is 0.260. The van der Waals surface area contributed by atoms with Gasteiger partial charge in [-0.05, 0) is 43.2 Å². The molecule has 0 spiro atoms. The molecule has 0 saturated carbocycles. The van der Waals surface area contributed by atoms with Gasteiger partial charge in [0, 0.05) is 30.0 Å². The standard InChI is InChI=1S/C23H25N3O2.C4H9NO.C2H6.CH4/c1-2-22(26-17-8-10-18(27)11-9-17)23(25)20-14-19(12-13-21(20)24)28-15-16-6-4-3-5-7-16;1-3-6-4-2-5-1;1-2;/h2-10,12-14,18,25-27H,11,15,24H2,1H3;5H,1-4H2;1-2H3;1H4/b22-2-,25-23?;;;. The highest BCUT2D eigenvalue weighted by Crippen LogP contribution is 2.23. The Bertz CT molecular complexity index is 1020. The minimum atomic E-state index is -0.451. The Labute approximate surface area is 222 Å². The molecule has 4 rings (SSSR count). The second-order valence-electron chi connectivity index (χ2n) is 7.91. The number of anilines is 1. The number of aliphatic hydroxyl groups is 1. The van der Waals surface area contributed by atoms with Crippen LogP contribution in [0.2, 0.25) is 0 Å². The van der Waals surface area contributed by atoms with E-state index in [0.29, 0.717) is 35.7 Å². The Kier molecular flexibility index (Phi) is 15.3. The average Bonchev–Trinajstić information content (AvgIpc) is 2.95. The zero-order valence-electron chi connectivity index (χ0n) is 21.6. The lowest BCUT2D eigenvalue weighted by Gasteiger charge is -2.18. The van der Waals surface area contributed by atoms with Crippen LogP contribution in [0.25, 0.3) is 0 Å². The van der Waals surface area contributed by atoms with Crippen molar-refractivity contribution in [1.29, 1.82) is 5.41 Å². The molecule has 2 aromatic rings. The van der Waals surface area contributed by atoms with Gasteiger partial charge >= 0.3 is 0 Å². The van der Waals surface area contributed by atoms with Crippen LogP contribution in [0.5, 0.6) is 5.75 Å². The van der Waals surface area contributed by atoms with Crippen molar-refractivity contribution in [3.8, 4) is 5.75 Å². The molecule has 7 heteroatoms. The molecule has 202 valence electrons. The first-order chi connectivity index (χ1) is 17.6. The normalized spacial score (nSPS) is 16.5. The molecule has 1 saturated heterocycles. The van der Waals surface area contributed by atoms with Crippen molar-refractivity contribution in [2.45, 2.75) is 47.3 Å². The van der Waals surface area contributed by atoms with Crippen LogP contribution in [-0.2, 0) is 11.3 Å². The highest BCUT2D eigenvalue weighted by molar-refractivity contribution is 6.13. The van der Waals surface area contributed by atoms with Crippen LogP contribution in [0.1, 0.15) is 45.7 Å². The fourth-order valence-electron chi connectivity index (χ4n) is 3.38. The van der Waals surface area contributed by atoms with Gasteiger partial charge in [0.1, 0.15) is 12.4 Å². The third-order valence-corrected chi connectivity index (χ3v) is 5.30. The Morgan fingerprint density at radius 2 is 1.89 bits per heavy atom. The first-order valence-electron chi connectivity index (χ1n) is 12.5. The number of nitrogen functional groups attached to an aromatic ring is 1. The van der Waals surface area contributed by atoms with E-state index >= 15 is 0 Å². The molecular formula is C30H44N4O3. The van der Waals surface area contributed by atoms with Gasteiger partial charge in [0.2, 0.25) is 0 Å². The van der Waals surface area contributed by atoms with Crippen molar-refractivity contribution in [3.05, 3.63) is 95.4 Å². The van der Waals surface area contributed by atoms with Crippen LogP contribution in [-0.4, -0.2) is 43.2 Å². The number of allylic oxidation sites excluding steroid dienone is 3. The molecule has 1 aliphatic carbocycles. The van der Waals surface area contributed by atoms with Gasteiger partial charge in [0.05, 0.1) is 30.7 Å². The molecule has 1 atom stereocenters. The largest absolute Gasteiger partial charge is 0.489 e. The summed E-state index contributed by atoms with van der Waals surface area (Å²) < 4.78 is 10.9. The summed E-state index contributed by atoms with van der Waals surface area (Å²) in [6.45, 7) is 10.1.